The maximum atomic E-state index is 4.12. The van der Waals surface area contributed by atoms with Gasteiger partial charge in [0.15, 0.2) is 0 Å². The molecule has 0 nitrogen and oxygen atoms in total. The highest BCUT2D eigenvalue weighted by Crippen LogP contribution is 2.57. The Labute approximate surface area is 50.6 Å². The maximum Gasteiger partial charge on any atom is -0.00863 e. The fraction of sp³-hybridized carbons (Fsp3) is 0.625. The van der Waals surface area contributed by atoms with Gasteiger partial charge in [0.1, 0.15) is 0 Å². The highest BCUT2D eigenvalue weighted by atomic mass is 14.5. The minimum absolute atomic E-state index is 0.415. The third kappa shape index (κ3) is 0.460. The van der Waals surface area contributed by atoms with Crippen LogP contribution >= 0.6 is 0 Å². The molecule has 0 spiro atoms. The van der Waals surface area contributed by atoms with Crippen LogP contribution in [0.1, 0.15) is 19.3 Å². The van der Waals surface area contributed by atoms with Gasteiger partial charge >= 0.3 is 0 Å². The van der Waals surface area contributed by atoms with Crippen LogP contribution in [0.4, 0.5) is 0 Å². The van der Waals surface area contributed by atoms with Crippen molar-refractivity contribution in [3.8, 4) is 0 Å². The first kappa shape index (κ1) is 4.60. The van der Waals surface area contributed by atoms with Crippen LogP contribution in [0.3, 0.4) is 0 Å². The van der Waals surface area contributed by atoms with Gasteiger partial charge < -0.3 is 0 Å². The highest BCUT2D eigenvalue weighted by Gasteiger charge is 2.48. The van der Waals surface area contributed by atoms with Crippen molar-refractivity contribution in [3.63, 3.8) is 0 Å². The third-order valence-corrected chi connectivity index (χ3v) is 2.41. The Morgan fingerprint density at radius 2 is 2.50 bits per heavy atom. The maximum absolute atomic E-state index is 4.12. The zero-order valence-corrected chi connectivity index (χ0v) is 5.06. The number of hydrogen-bond donors (Lipinski definition) is 0. The van der Waals surface area contributed by atoms with Crippen LogP contribution in [0.2, 0.25) is 0 Å². The lowest BCUT2D eigenvalue weighted by molar-refractivity contribution is 0.608. The molecule has 0 aromatic heterocycles. The van der Waals surface area contributed by atoms with E-state index < -0.39 is 0 Å². The molecule has 8 heavy (non-hydrogen) atoms. The number of allylic oxidation sites excluding steroid dienone is 2. The molecule has 2 atom stereocenters. The van der Waals surface area contributed by atoms with Crippen molar-refractivity contribution < 1.29 is 0 Å². The van der Waals surface area contributed by atoms with E-state index in [-0.39, 0.29) is 0 Å². The van der Waals surface area contributed by atoms with E-state index in [1.165, 1.54) is 19.3 Å². The zero-order valence-electron chi connectivity index (χ0n) is 5.06. The molecule has 0 heteroatoms. The largest absolute Gasteiger partial charge is 0.0880 e. The Morgan fingerprint density at radius 3 is 3.00 bits per heavy atom. The van der Waals surface area contributed by atoms with Gasteiger partial charge in [0.2, 0.25) is 0 Å². The Hall–Kier alpha value is -0.260. The highest BCUT2D eigenvalue weighted by molar-refractivity contribution is 5.19. The van der Waals surface area contributed by atoms with Crippen LogP contribution in [0, 0.1) is 18.3 Å². The van der Waals surface area contributed by atoms with Crippen molar-refractivity contribution in [2.24, 2.45) is 11.3 Å². The lowest BCUT2D eigenvalue weighted by Gasteiger charge is -2.07. The third-order valence-electron chi connectivity index (χ3n) is 2.41. The van der Waals surface area contributed by atoms with E-state index in [2.05, 4.69) is 19.1 Å². The Bertz CT molecular complexity index is 133. The van der Waals surface area contributed by atoms with E-state index in [0.29, 0.717) is 5.41 Å². The van der Waals surface area contributed by atoms with Gasteiger partial charge in [-0.15, -0.1) is 0 Å². The summed E-state index contributed by atoms with van der Waals surface area (Å²) in [7, 11) is 0. The van der Waals surface area contributed by atoms with E-state index >= 15 is 0 Å². The van der Waals surface area contributed by atoms with Crippen LogP contribution in [0.25, 0.3) is 0 Å². The average molecular weight is 107 g/mol. The molecule has 0 aromatic carbocycles. The van der Waals surface area contributed by atoms with Gasteiger partial charge in [-0.05, 0) is 37.5 Å². The second kappa shape index (κ2) is 1.18. The summed E-state index contributed by atoms with van der Waals surface area (Å²) in [4.78, 5) is 0. The summed E-state index contributed by atoms with van der Waals surface area (Å²) >= 11 is 0. The standard InChI is InChI=1S/C8H11/c1-8-5-3-2-4-7(8)6-8/h3,5,7H,1-2,4,6H2. The van der Waals surface area contributed by atoms with Crippen molar-refractivity contribution in [2.75, 3.05) is 0 Å². The lowest BCUT2D eigenvalue weighted by Crippen LogP contribution is -1.96. The van der Waals surface area contributed by atoms with E-state index in [9.17, 15) is 0 Å². The minimum Gasteiger partial charge on any atom is -0.0880 e. The summed E-state index contributed by atoms with van der Waals surface area (Å²) in [5.74, 6) is 0.951. The van der Waals surface area contributed by atoms with E-state index in [4.69, 9.17) is 0 Å². The first-order valence-electron chi connectivity index (χ1n) is 3.34. The van der Waals surface area contributed by atoms with Crippen LogP contribution in [-0.2, 0) is 0 Å². The fourth-order valence-electron chi connectivity index (χ4n) is 1.61. The summed E-state index contributed by atoms with van der Waals surface area (Å²) in [6.07, 6.45) is 8.60. The molecule has 2 aliphatic rings. The molecule has 0 amide bonds. The van der Waals surface area contributed by atoms with Crippen molar-refractivity contribution in [1.82, 2.24) is 0 Å². The molecule has 43 valence electrons. The number of rotatable bonds is 0. The predicted molar refractivity (Wildman–Crippen MR) is 34.3 cm³/mol. The molecule has 1 saturated carbocycles. The zero-order chi connectivity index (χ0) is 5.61. The molecule has 0 bridgehead atoms. The molecule has 1 fully saturated rings. The van der Waals surface area contributed by atoms with Gasteiger partial charge in [-0.25, -0.2) is 0 Å². The van der Waals surface area contributed by atoms with Gasteiger partial charge in [0, 0.05) is 0 Å². The predicted octanol–water partition coefficient (Wildman–Crippen LogP) is 2.18. The molecule has 2 aliphatic carbocycles. The Balaban J connectivity index is 2.22. The SMILES string of the molecule is [CH2]C12C=CCCC1C2. The molecule has 2 unspecified atom stereocenters. The summed E-state index contributed by atoms with van der Waals surface area (Å²) < 4.78 is 0. The van der Waals surface area contributed by atoms with Crippen LogP contribution < -0.4 is 0 Å². The first-order valence-corrected chi connectivity index (χ1v) is 3.34. The van der Waals surface area contributed by atoms with Crippen molar-refractivity contribution >= 4 is 0 Å². The van der Waals surface area contributed by atoms with Crippen LogP contribution in [0.5, 0.6) is 0 Å². The second-order valence-corrected chi connectivity index (χ2v) is 3.11. The Morgan fingerprint density at radius 1 is 1.62 bits per heavy atom. The van der Waals surface area contributed by atoms with Gasteiger partial charge in [-0.1, -0.05) is 12.2 Å². The van der Waals surface area contributed by atoms with Crippen molar-refractivity contribution in [3.05, 3.63) is 19.1 Å². The summed E-state index contributed by atoms with van der Waals surface area (Å²) in [6.45, 7) is 4.12. The van der Waals surface area contributed by atoms with Crippen LogP contribution in [0.15, 0.2) is 12.2 Å². The monoisotopic (exact) mass is 107 g/mol. The minimum atomic E-state index is 0.415. The van der Waals surface area contributed by atoms with Crippen molar-refractivity contribution in [1.29, 1.82) is 0 Å². The molecule has 0 saturated heterocycles. The molecule has 0 aromatic rings. The lowest BCUT2D eigenvalue weighted by atomic mass is 9.98. The Kier molecular flexibility index (Phi) is 0.677. The van der Waals surface area contributed by atoms with Gasteiger partial charge in [-0.2, -0.15) is 0 Å². The fourth-order valence-corrected chi connectivity index (χ4v) is 1.61. The smallest absolute Gasteiger partial charge is 0.00863 e. The van der Waals surface area contributed by atoms with Gasteiger partial charge in [0.05, 0.1) is 0 Å². The second-order valence-electron chi connectivity index (χ2n) is 3.11. The van der Waals surface area contributed by atoms with E-state index in [1.807, 2.05) is 0 Å². The summed E-state index contributed by atoms with van der Waals surface area (Å²) in [5, 5.41) is 0. The molecule has 2 rings (SSSR count). The van der Waals surface area contributed by atoms with E-state index in [0.717, 1.165) is 5.92 Å². The molecule has 0 N–H and O–H groups in total. The number of fused-ring (bicyclic) bond motifs is 1. The first-order chi connectivity index (χ1) is 3.81. The molecule has 0 heterocycles. The topological polar surface area (TPSA) is 0 Å². The average Bonchev–Trinajstić information content (AvgIpc) is 2.39. The normalized spacial score (nSPS) is 50.9. The molecular weight excluding hydrogens is 96.1 g/mol. The van der Waals surface area contributed by atoms with Gasteiger partial charge in [0.25, 0.3) is 0 Å². The quantitative estimate of drug-likeness (QED) is 0.416. The molecule has 0 aliphatic heterocycles. The summed E-state index contributed by atoms with van der Waals surface area (Å²) in [6, 6.07) is 0. The van der Waals surface area contributed by atoms with Crippen LogP contribution in [-0.4, -0.2) is 0 Å². The summed E-state index contributed by atoms with van der Waals surface area (Å²) in [5.41, 5.74) is 0.415. The van der Waals surface area contributed by atoms with Gasteiger partial charge in [-0.3, -0.25) is 0 Å². The van der Waals surface area contributed by atoms with E-state index in [1.54, 1.807) is 0 Å². The number of hydrogen-bond acceptors (Lipinski definition) is 0. The molecular formula is C8H11. The molecule has 1 radical (unpaired) electrons. The van der Waals surface area contributed by atoms with Crippen molar-refractivity contribution in [2.45, 2.75) is 19.3 Å².